The Morgan fingerprint density at radius 1 is 1.21 bits per heavy atom. The smallest absolute Gasteiger partial charge is 0.253 e. The van der Waals surface area contributed by atoms with E-state index in [4.69, 9.17) is 4.52 Å². The number of sulfonamides is 1. The summed E-state index contributed by atoms with van der Waals surface area (Å²) in [5.74, 6) is -0.732. The van der Waals surface area contributed by atoms with Crippen molar-refractivity contribution < 1.29 is 22.5 Å². The predicted molar refractivity (Wildman–Crippen MR) is 101 cm³/mol. The summed E-state index contributed by atoms with van der Waals surface area (Å²) >= 11 is 0. The molecule has 3 rings (SSSR count). The molecule has 9 nitrogen and oxygen atoms in total. The topological polar surface area (TPSA) is 130 Å². The maximum absolute atomic E-state index is 12.6. The Hall–Kier alpha value is -2.72. The summed E-state index contributed by atoms with van der Waals surface area (Å²) in [7, 11) is -4.00. The summed E-state index contributed by atoms with van der Waals surface area (Å²) < 4.78 is 32.3. The lowest BCUT2D eigenvalue weighted by atomic mass is 10.1. The molecule has 1 aliphatic carbocycles. The molecule has 1 heterocycles. The zero-order chi connectivity index (χ0) is 20.5. The molecule has 1 fully saturated rings. The SMILES string of the molecule is Cc1noc(C)c1S(=O)(=O)N[C@@H](C)C(=O)Nc1ccccc1C(=O)NC1CC1. The van der Waals surface area contributed by atoms with Gasteiger partial charge in [0.15, 0.2) is 5.76 Å². The first-order chi connectivity index (χ1) is 13.2. The predicted octanol–water partition coefficient (Wildman–Crippen LogP) is 1.49. The number of hydrogen-bond acceptors (Lipinski definition) is 6. The molecule has 1 aromatic carbocycles. The monoisotopic (exact) mass is 406 g/mol. The number of nitrogens with zero attached hydrogens (tertiary/aromatic N) is 1. The van der Waals surface area contributed by atoms with Gasteiger partial charge in [0.2, 0.25) is 15.9 Å². The van der Waals surface area contributed by atoms with Crippen LogP contribution in [0.15, 0.2) is 33.7 Å². The molecule has 0 aliphatic heterocycles. The first-order valence-electron chi connectivity index (χ1n) is 8.85. The number of aryl methyl sites for hydroxylation is 2. The Morgan fingerprint density at radius 3 is 2.50 bits per heavy atom. The van der Waals surface area contributed by atoms with E-state index in [1.54, 1.807) is 24.3 Å². The summed E-state index contributed by atoms with van der Waals surface area (Å²) in [6.07, 6.45) is 1.89. The quantitative estimate of drug-likeness (QED) is 0.639. The Labute approximate surface area is 162 Å². The van der Waals surface area contributed by atoms with Gasteiger partial charge < -0.3 is 15.2 Å². The number of para-hydroxylation sites is 1. The highest BCUT2D eigenvalue weighted by atomic mass is 32.2. The molecule has 1 aliphatic rings. The lowest BCUT2D eigenvalue weighted by molar-refractivity contribution is -0.117. The normalized spacial score (nSPS) is 15.1. The van der Waals surface area contributed by atoms with Crippen molar-refractivity contribution in [2.75, 3.05) is 5.32 Å². The van der Waals surface area contributed by atoms with Crippen LogP contribution in [0, 0.1) is 13.8 Å². The highest BCUT2D eigenvalue weighted by Crippen LogP contribution is 2.22. The fourth-order valence-corrected chi connectivity index (χ4v) is 4.26. The van der Waals surface area contributed by atoms with E-state index in [0.29, 0.717) is 11.3 Å². The van der Waals surface area contributed by atoms with Gasteiger partial charge in [0.1, 0.15) is 10.6 Å². The summed E-state index contributed by atoms with van der Waals surface area (Å²) in [5.41, 5.74) is 0.845. The van der Waals surface area contributed by atoms with E-state index in [-0.39, 0.29) is 28.3 Å². The van der Waals surface area contributed by atoms with E-state index in [9.17, 15) is 18.0 Å². The fraction of sp³-hybridized carbons (Fsp3) is 0.389. The molecule has 28 heavy (non-hydrogen) atoms. The molecule has 1 saturated carbocycles. The van der Waals surface area contributed by atoms with Crippen molar-refractivity contribution >= 4 is 27.5 Å². The van der Waals surface area contributed by atoms with Gasteiger partial charge in [0.05, 0.1) is 17.3 Å². The van der Waals surface area contributed by atoms with E-state index >= 15 is 0 Å². The maximum atomic E-state index is 12.6. The molecule has 1 aromatic heterocycles. The van der Waals surface area contributed by atoms with Crippen molar-refractivity contribution in [1.82, 2.24) is 15.2 Å². The molecule has 0 bridgehead atoms. The first-order valence-corrected chi connectivity index (χ1v) is 10.3. The second kappa shape index (κ2) is 7.72. The van der Waals surface area contributed by atoms with Crippen molar-refractivity contribution in [2.45, 2.75) is 50.6 Å². The molecular weight excluding hydrogens is 384 g/mol. The van der Waals surface area contributed by atoms with Crippen LogP contribution in [-0.2, 0) is 14.8 Å². The summed E-state index contributed by atoms with van der Waals surface area (Å²) in [6, 6.07) is 5.67. The fourth-order valence-electron chi connectivity index (χ4n) is 2.73. The molecule has 2 aromatic rings. The van der Waals surface area contributed by atoms with Crippen LogP contribution >= 0.6 is 0 Å². The molecule has 1 atom stereocenters. The summed E-state index contributed by atoms with van der Waals surface area (Å²) in [4.78, 5) is 24.8. The van der Waals surface area contributed by atoms with Gasteiger partial charge in [-0.1, -0.05) is 17.3 Å². The summed E-state index contributed by atoms with van der Waals surface area (Å²) in [5, 5.41) is 9.10. The van der Waals surface area contributed by atoms with E-state index < -0.39 is 22.0 Å². The molecule has 150 valence electrons. The van der Waals surface area contributed by atoms with E-state index in [1.165, 1.54) is 20.8 Å². The van der Waals surface area contributed by atoms with Crippen molar-refractivity contribution in [2.24, 2.45) is 0 Å². The van der Waals surface area contributed by atoms with Crippen molar-refractivity contribution in [3.05, 3.63) is 41.3 Å². The number of hydrogen-bond donors (Lipinski definition) is 3. The minimum absolute atomic E-state index is 0.0867. The van der Waals surface area contributed by atoms with Crippen LogP contribution < -0.4 is 15.4 Å². The maximum Gasteiger partial charge on any atom is 0.253 e. The standard InChI is InChI=1S/C18H22N4O5S/c1-10-16(12(3)27-21-10)28(25,26)22-11(2)17(23)20-15-7-5-4-6-14(15)18(24)19-13-8-9-13/h4-7,11,13,22H,8-9H2,1-3H3,(H,19,24)(H,20,23)/t11-/m0/s1. The van der Waals surface area contributed by atoms with Crippen LogP contribution in [0.4, 0.5) is 5.69 Å². The van der Waals surface area contributed by atoms with Crippen LogP contribution in [0.25, 0.3) is 0 Å². The van der Waals surface area contributed by atoms with Crippen LogP contribution in [0.1, 0.15) is 41.6 Å². The van der Waals surface area contributed by atoms with Gasteiger partial charge >= 0.3 is 0 Å². The molecule has 0 saturated heterocycles. The van der Waals surface area contributed by atoms with Crippen molar-refractivity contribution in [3.8, 4) is 0 Å². The first kappa shape index (κ1) is 20.0. The molecule has 3 N–H and O–H groups in total. The molecular formula is C18H22N4O5S. The van der Waals surface area contributed by atoms with Gasteiger partial charge in [-0.3, -0.25) is 9.59 Å². The number of nitrogens with one attached hydrogen (secondary N) is 3. The van der Waals surface area contributed by atoms with Crippen LogP contribution in [-0.4, -0.2) is 37.5 Å². The largest absolute Gasteiger partial charge is 0.360 e. The number of carbonyl (C=O) groups excluding carboxylic acids is 2. The van der Waals surface area contributed by atoms with Crippen LogP contribution in [0.5, 0.6) is 0 Å². The van der Waals surface area contributed by atoms with Crippen molar-refractivity contribution in [3.63, 3.8) is 0 Å². The number of aromatic nitrogens is 1. The zero-order valence-corrected chi connectivity index (χ0v) is 16.6. The van der Waals surface area contributed by atoms with Gasteiger partial charge in [-0.25, -0.2) is 8.42 Å². The minimum Gasteiger partial charge on any atom is -0.360 e. The number of carbonyl (C=O) groups is 2. The van der Waals surface area contributed by atoms with Crippen molar-refractivity contribution in [1.29, 1.82) is 0 Å². The number of rotatable bonds is 7. The third-order valence-electron chi connectivity index (χ3n) is 4.30. The molecule has 2 amide bonds. The highest BCUT2D eigenvalue weighted by molar-refractivity contribution is 7.89. The highest BCUT2D eigenvalue weighted by Gasteiger charge is 2.29. The Bertz CT molecular complexity index is 991. The average Bonchev–Trinajstić information content (AvgIpc) is 3.36. The summed E-state index contributed by atoms with van der Waals surface area (Å²) in [6.45, 7) is 4.40. The van der Waals surface area contributed by atoms with E-state index in [0.717, 1.165) is 12.8 Å². The third kappa shape index (κ3) is 4.39. The minimum atomic E-state index is -4.00. The second-order valence-electron chi connectivity index (χ2n) is 6.78. The van der Waals surface area contributed by atoms with Crippen LogP contribution in [0.2, 0.25) is 0 Å². The van der Waals surface area contributed by atoms with Gasteiger partial charge in [-0.05, 0) is 45.7 Å². The average molecular weight is 406 g/mol. The Balaban J connectivity index is 1.72. The van der Waals surface area contributed by atoms with Gasteiger partial charge in [-0.2, -0.15) is 4.72 Å². The van der Waals surface area contributed by atoms with E-state index in [1.807, 2.05) is 0 Å². The lowest BCUT2D eigenvalue weighted by Crippen LogP contribution is -2.42. The van der Waals surface area contributed by atoms with Gasteiger partial charge in [0.25, 0.3) is 5.91 Å². The number of anilines is 1. The molecule has 10 heteroatoms. The third-order valence-corrected chi connectivity index (χ3v) is 6.09. The Morgan fingerprint density at radius 2 is 1.89 bits per heavy atom. The Kier molecular flexibility index (Phi) is 5.52. The van der Waals surface area contributed by atoms with Crippen LogP contribution in [0.3, 0.4) is 0 Å². The zero-order valence-electron chi connectivity index (χ0n) is 15.8. The molecule has 0 spiro atoms. The molecule has 0 unspecified atom stereocenters. The van der Waals surface area contributed by atoms with E-state index in [2.05, 4.69) is 20.5 Å². The second-order valence-corrected chi connectivity index (χ2v) is 8.43. The van der Waals surface area contributed by atoms with Gasteiger partial charge in [-0.15, -0.1) is 0 Å². The number of benzene rings is 1. The number of amides is 2. The molecule has 0 radical (unpaired) electrons. The lowest BCUT2D eigenvalue weighted by Gasteiger charge is -2.16. The van der Waals surface area contributed by atoms with Gasteiger partial charge in [0, 0.05) is 6.04 Å².